The molecule has 5 heteroatoms. The lowest BCUT2D eigenvalue weighted by Crippen LogP contribution is -2.37. The van der Waals surface area contributed by atoms with Gasteiger partial charge in [0.1, 0.15) is 6.04 Å². The van der Waals surface area contributed by atoms with Crippen molar-refractivity contribution in [2.75, 3.05) is 6.61 Å². The van der Waals surface area contributed by atoms with Gasteiger partial charge in [-0.3, -0.25) is 4.79 Å². The van der Waals surface area contributed by atoms with Crippen molar-refractivity contribution in [3.05, 3.63) is 34.9 Å². The van der Waals surface area contributed by atoms with E-state index >= 15 is 0 Å². The average Bonchev–Trinajstić information content (AvgIpc) is 2.45. The van der Waals surface area contributed by atoms with Crippen LogP contribution in [0.1, 0.15) is 50.3 Å². The number of rotatable bonds is 6. The molecule has 0 saturated carbocycles. The first-order chi connectivity index (χ1) is 10.3. The van der Waals surface area contributed by atoms with E-state index in [1.807, 2.05) is 0 Å². The minimum absolute atomic E-state index is 0. The quantitative estimate of drug-likeness (QED) is 0.830. The summed E-state index contributed by atoms with van der Waals surface area (Å²) in [5.74, 6) is -0.768. The van der Waals surface area contributed by atoms with Crippen molar-refractivity contribution in [1.29, 1.82) is 0 Å². The minimum Gasteiger partial charge on any atom is -0.480 e. The third-order valence-corrected chi connectivity index (χ3v) is 4.08. The van der Waals surface area contributed by atoms with Crippen LogP contribution in [0.5, 0.6) is 0 Å². The van der Waals surface area contributed by atoms with Crippen molar-refractivity contribution < 1.29 is 14.6 Å². The summed E-state index contributed by atoms with van der Waals surface area (Å²) in [6, 6.07) is 5.84. The zero-order chi connectivity index (χ0) is 16.2. The molecule has 0 aliphatic carbocycles. The van der Waals surface area contributed by atoms with Gasteiger partial charge in [-0.05, 0) is 41.4 Å². The summed E-state index contributed by atoms with van der Waals surface area (Å²) in [4.78, 5) is 11.4. The maximum atomic E-state index is 11.4. The van der Waals surface area contributed by atoms with Gasteiger partial charge in [0.15, 0.2) is 0 Å². The van der Waals surface area contributed by atoms with Crippen LogP contribution in [0.3, 0.4) is 0 Å². The number of benzene rings is 1. The predicted octanol–water partition coefficient (Wildman–Crippen LogP) is 3.55. The summed E-state index contributed by atoms with van der Waals surface area (Å²) >= 11 is 0. The van der Waals surface area contributed by atoms with Gasteiger partial charge >= 0.3 is 5.97 Å². The molecule has 1 aromatic rings. The highest BCUT2D eigenvalue weighted by Crippen LogP contribution is 2.22. The lowest BCUT2D eigenvalue weighted by atomic mass is 9.88. The Kier molecular flexibility index (Phi) is 7.52. The molecule has 1 heterocycles. The van der Waals surface area contributed by atoms with Crippen LogP contribution >= 0.6 is 12.4 Å². The Hall–Kier alpha value is -1.10. The number of carboxylic acid groups (broad SMARTS) is 1. The van der Waals surface area contributed by atoms with E-state index in [1.54, 1.807) is 0 Å². The molecule has 0 saturated heterocycles. The van der Waals surface area contributed by atoms with Gasteiger partial charge in [-0.25, -0.2) is 0 Å². The Morgan fingerprint density at radius 3 is 2.74 bits per heavy atom. The molecule has 0 amide bonds. The highest BCUT2D eigenvalue weighted by molar-refractivity contribution is 5.85. The van der Waals surface area contributed by atoms with Crippen molar-refractivity contribution in [3.63, 3.8) is 0 Å². The van der Waals surface area contributed by atoms with Crippen LogP contribution in [0.25, 0.3) is 0 Å². The Morgan fingerprint density at radius 2 is 2.09 bits per heavy atom. The molecule has 0 fully saturated rings. The maximum absolute atomic E-state index is 11.4. The molecule has 1 aromatic carbocycles. The Balaban J connectivity index is 0.00000264. The number of ether oxygens (including phenoxy) is 1. The SMILES string of the molecule is CC(C)(C)CC[C@H](NCc1ccc2c(c1)CCOC2)C(=O)O.Cl. The average molecular weight is 342 g/mol. The standard InChI is InChI=1S/C18H27NO3.ClH/c1-18(2,3)8-6-16(17(20)21)19-11-13-4-5-15-12-22-9-7-14(15)10-13;/h4-5,10,16,19H,6-9,11-12H2,1-3H3,(H,20,21);1H/t16-;/m0./s1. The van der Waals surface area contributed by atoms with Gasteiger partial charge in [-0.2, -0.15) is 0 Å². The topological polar surface area (TPSA) is 58.6 Å². The molecular weight excluding hydrogens is 314 g/mol. The predicted molar refractivity (Wildman–Crippen MR) is 94.0 cm³/mol. The molecule has 1 aliphatic rings. The number of halogens is 1. The molecule has 0 aromatic heterocycles. The van der Waals surface area contributed by atoms with Gasteiger partial charge in [0.2, 0.25) is 0 Å². The molecular formula is C18H28ClNO3. The summed E-state index contributed by atoms with van der Waals surface area (Å²) in [6.45, 7) is 8.46. The van der Waals surface area contributed by atoms with E-state index in [-0.39, 0.29) is 17.8 Å². The normalized spacial score (nSPS) is 15.4. The number of aliphatic carboxylic acids is 1. The van der Waals surface area contributed by atoms with Gasteiger partial charge in [-0.1, -0.05) is 39.0 Å². The van der Waals surface area contributed by atoms with Gasteiger partial charge in [0.25, 0.3) is 0 Å². The Morgan fingerprint density at radius 1 is 1.35 bits per heavy atom. The first-order valence-corrected chi connectivity index (χ1v) is 8.00. The highest BCUT2D eigenvalue weighted by atomic mass is 35.5. The fourth-order valence-electron chi connectivity index (χ4n) is 2.66. The number of carbonyl (C=O) groups is 1. The summed E-state index contributed by atoms with van der Waals surface area (Å²) < 4.78 is 5.44. The number of fused-ring (bicyclic) bond motifs is 1. The van der Waals surface area contributed by atoms with E-state index in [0.717, 1.165) is 25.0 Å². The minimum atomic E-state index is -0.768. The third kappa shape index (κ3) is 6.50. The number of hydrogen-bond acceptors (Lipinski definition) is 3. The van der Waals surface area contributed by atoms with Crippen LogP contribution in [-0.2, 0) is 29.1 Å². The molecule has 130 valence electrons. The van der Waals surface area contributed by atoms with Crippen LogP contribution in [0.2, 0.25) is 0 Å². The summed E-state index contributed by atoms with van der Waals surface area (Å²) in [7, 11) is 0. The number of hydrogen-bond donors (Lipinski definition) is 2. The second kappa shape index (κ2) is 8.67. The van der Waals surface area contributed by atoms with Crippen LogP contribution in [0, 0.1) is 5.41 Å². The Bertz CT molecular complexity index is 525. The first-order valence-electron chi connectivity index (χ1n) is 8.00. The molecule has 1 aliphatic heterocycles. The summed E-state index contributed by atoms with van der Waals surface area (Å²) in [5, 5.41) is 12.5. The zero-order valence-corrected chi connectivity index (χ0v) is 15.0. The lowest BCUT2D eigenvalue weighted by molar-refractivity contribution is -0.139. The molecule has 2 rings (SSSR count). The van der Waals surface area contributed by atoms with Gasteiger partial charge in [-0.15, -0.1) is 12.4 Å². The molecule has 0 radical (unpaired) electrons. The maximum Gasteiger partial charge on any atom is 0.320 e. The second-order valence-corrected chi connectivity index (χ2v) is 7.28. The Labute approximate surface area is 145 Å². The van der Waals surface area contributed by atoms with Gasteiger partial charge in [0.05, 0.1) is 13.2 Å². The number of carboxylic acids is 1. The summed E-state index contributed by atoms with van der Waals surface area (Å²) in [5.41, 5.74) is 3.87. The molecule has 4 nitrogen and oxygen atoms in total. The smallest absolute Gasteiger partial charge is 0.320 e. The zero-order valence-electron chi connectivity index (χ0n) is 14.2. The molecule has 0 spiro atoms. The fraction of sp³-hybridized carbons (Fsp3) is 0.611. The second-order valence-electron chi connectivity index (χ2n) is 7.28. The largest absolute Gasteiger partial charge is 0.480 e. The van der Waals surface area contributed by atoms with E-state index in [9.17, 15) is 9.90 Å². The van der Waals surface area contributed by atoms with Crippen molar-refractivity contribution in [3.8, 4) is 0 Å². The third-order valence-electron chi connectivity index (χ3n) is 4.08. The van der Waals surface area contributed by atoms with E-state index in [1.165, 1.54) is 11.1 Å². The van der Waals surface area contributed by atoms with Gasteiger partial charge in [0, 0.05) is 6.54 Å². The van der Waals surface area contributed by atoms with Crippen molar-refractivity contribution in [2.45, 2.75) is 59.2 Å². The molecule has 2 N–H and O–H groups in total. The monoisotopic (exact) mass is 341 g/mol. The summed E-state index contributed by atoms with van der Waals surface area (Å²) in [6.07, 6.45) is 2.48. The fourth-order valence-corrected chi connectivity index (χ4v) is 2.66. The number of nitrogens with one attached hydrogen (secondary N) is 1. The van der Waals surface area contributed by atoms with Crippen molar-refractivity contribution in [2.24, 2.45) is 5.41 Å². The van der Waals surface area contributed by atoms with E-state index < -0.39 is 12.0 Å². The van der Waals surface area contributed by atoms with Crippen LogP contribution < -0.4 is 5.32 Å². The van der Waals surface area contributed by atoms with Crippen LogP contribution in [0.15, 0.2) is 18.2 Å². The lowest BCUT2D eigenvalue weighted by Gasteiger charge is -2.22. The van der Waals surface area contributed by atoms with E-state index in [0.29, 0.717) is 19.6 Å². The van der Waals surface area contributed by atoms with Crippen molar-refractivity contribution >= 4 is 18.4 Å². The van der Waals surface area contributed by atoms with Crippen LogP contribution in [0.4, 0.5) is 0 Å². The van der Waals surface area contributed by atoms with E-state index in [4.69, 9.17) is 4.74 Å². The molecule has 0 unspecified atom stereocenters. The van der Waals surface area contributed by atoms with E-state index in [2.05, 4.69) is 44.3 Å². The highest BCUT2D eigenvalue weighted by Gasteiger charge is 2.20. The van der Waals surface area contributed by atoms with Crippen molar-refractivity contribution in [1.82, 2.24) is 5.32 Å². The first kappa shape index (κ1) is 19.9. The molecule has 0 bridgehead atoms. The molecule has 23 heavy (non-hydrogen) atoms. The van der Waals surface area contributed by atoms with Gasteiger partial charge < -0.3 is 15.2 Å². The molecule has 1 atom stereocenters. The van der Waals surface area contributed by atoms with Crippen LogP contribution in [-0.4, -0.2) is 23.7 Å².